The van der Waals surface area contributed by atoms with Gasteiger partial charge in [0, 0.05) is 6.21 Å². The van der Waals surface area contributed by atoms with E-state index in [1.54, 1.807) is 0 Å². The van der Waals surface area contributed by atoms with Gasteiger partial charge in [-0.05, 0) is 122 Å². The summed E-state index contributed by atoms with van der Waals surface area (Å²) in [7, 11) is 0. The zero-order valence-corrected chi connectivity index (χ0v) is 27.6. The molecule has 3 aromatic rings. The van der Waals surface area contributed by atoms with Gasteiger partial charge in [0.1, 0.15) is 0 Å². The molecule has 2 nitrogen and oxygen atoms in total. The normalized spacial score (nSPS) is 12.0. The van der Waals surface area contributed by atoms with Crippen LogP contribution in [0.15, 0.2) is 64.6 Å². The van der Waals surface area contributed by atoms with Crippen molar-refractivity contribution in [3.05, 3.63) is 82.4 Å². The summed E-state index contributed by atoms with van der Waals surface area (Å²) >= 11 is 0. The van der Waals surface area contributed by atoms with Crippen LogP contribution in [0.2, 0.25) is 0 Å². The highest BCUT2D eigenvalue weighted by Crippen LogP contribution is 2.34. The molecular weight excluding hydrogens is 508 g/mol. The van der Waals surface area contributed by atoms with Crippen molar-refractivity contribution in [2.75, 3.05) is 0 Å². The number of benzene rings is 3. The average molecular weight is 565 g/mol. The highest BCUT2D eigenvalue weighted by atomic mass is 14.8. The van der Waals surface area contributed by atoms with Crippen LogP contribution in [0, 0.1) is 13.8 Å². The molecule has 3 aromatic carbocycles. The smallest absolute Gasteiger partial charge is 0.0642 e. The first-order chi connectivity index (χ1) is 20.5. The molecule has 2 heteroatoms. The van der Waals surface area contributed by atoms with Crippen molar-refractivity contribution in [3.63, 3.8) is 0 Å². The SMILES string of the molecule is CCCCCCCCc1cc(N=C(C=Nc2cc(C)c(C)c(CCCC)c2)CC)cc(-c2ccccc2)c1CCCC. The summed E-state index contributed by atoms with van der Waals surface area (Å²) in [5.41, 5.74) is 12.9. The van der Waals surface area contributed by atoms with Gasteiger partial charge < -0.3 is 0 Å². The van der Waals surface area contributed by atoms with E-state index in [0.717, 1.165) is 42.8 Å². The lowest BCUT2D eigenvalue weighted by atomic mass is 9.89. The molecule has 226 valence electrons. The van der Waals surface area contributed by atoms with Crippen molar-refractivity contribution in [3.8, 4) is 11.1 Å². The summed E-state index contributed by atoms with van der Waals surface area (Å²) in [4.78, 5) is 10.1. The first-order valence-electron chi connectivity index (χ1n) is 16.9. The molecule has 42 heavy (non-hydrogen) atoms. The molecular formula is C40H56N2. The summed E-state index contributed by atoms with van der Waals surface area (Å²) in [6.07, 6.45) is 19.0. The number of unbranched alkanes of at least 4 members (excludes halogenated alkanes) is 7. The minimum atomic E-state index is 0.849. The van der Waals surface area contributed by atoms with Gasteiger partial charge in [-0.25, -0.2) is 0 Å². The molecule has 0 bridgehead atoms. The molecule has 3 rings (SSSR count). The van der Waals surface area contributed by atoms with Crippen LogP contribution in [0.4, 0.5) is 11.4 Å². The van der Waals surface area contributed by atoms with E-state index in [2.05, 4.69) is 96.1 Å². The van der Waals surface area contributed by atoms with Crippen LogP contribution in [-0.2, 0) is 19.3 Å². The van der Waals surface area contributed by atoms with Crippen LogP contribution in [0.25, 0.3) is 11.1 Å². The third kappa shape index (κ3) is 10.4. The first-order valence-corrected chi connectivity index (χ1v) is 16.9. The van der Waals surface area contributed by atoms with Gasteiger partial charge >= 0.3 is 0 Å². The average Bonchev–Trinajstić information content (AvgIpc) is 3.01. The Bertz CT molecular complexity index is 1280. The number of rotatable bonds is 18. The van der Waals surface area contributed by atoms with Gasteiger partial charge in [0.2, 0.25) is 0 Å². The molecule has 0 amide bonds. The molecule has 0 N–H and O–H groups in total. The molecule has 0 atom stereocenters. The fourth-order valence-electron chi connectivity index (χ4n) is 5.75. The summed E-state index contributed by atoms with van der Waals surface area (Å²) in [5.74, 6) is 0. The van der Waals surface area contributed by atoms with Crippen molar-refractivity contribution in [1.82, 2.24) is 0 Å². The van der Waals surface area contributed by atoms with E-state index in [4.69, 9.17) is 9.98 Å². The Balaban J connectivity index is 1.98. The van der Waals surface area contributed by atoms with Crippen molar-refractivity contribution in [1.29, 1.82) is 0 Å². The fraction of sp³-hybridized carbons (Fsp3) is 0.500. The molecule has 0 saturated carbocycles. The quantitative estimate of drug-likeness (QED) is 0.108. The van der Waals surface area contributed by atoms with Crippen LogP contribution in [-0.4, -0.2) is 11.9 Å². The molecule has 0 spiro atoms. The zero-order valence-electron chi connectivity index (χ0n) is 27.6. The summed E-state index contributed by atoms with van der Waals surface area (Å²) in [6, 6.07) is 20.1. The molecule has 0 saturated heterocycles. The Morgan fingerprint density at radius 2 is 1.29 bits per heavy atom. The van der Waals surface area contributed by atoms with Crippen molar-refractivity contribution >= 4 is 23.3 Å². The third-order valence-electron chi connectivity index (χ3n) is 8.55. The Hall–Kier alpha value is -3.00. The number of hydrogen-bond donors (Lipinski definition) is 0. The first kappa shape index (κ1) is 33.5. The van der Waals surface area contributed by atoms with Gasteiger partial charge in [0.15, 0.2) is 0 Å². The highest BCUT2D eigenvalue weighted by molar-refractivity contribution is 6.31. The number of aryl methyl sites for hydroxylation is 3. The van der Waals surface area contributed by atoms with Gasteiger partial charge in [-0.1, -0.05) is 103 Å². The van der Waals surface area contributed by atoms with Crippen LogP contribution in [0.5, 0.6) is 0 Å². The standard InChI is InChI=1S/C40H56N2/c1-7-11-14-15-16-18-24-35-28-38(29-40(39(35)25-13-9-3)33-22-19-17-20-23-33)42-36(10-4)30-41-37-26-31(5)32(6)34(27-37)21-12-8-2/h17,19-20,22-23,26-30H,7-16,18,21,24-25H2,1-6H3. The lowest BCUT2D eigenvalue weighted by molar-refractivity contribution is 0.606. The topological polar surface area (TPSA) is 24.7 Å². The van der Waals surface area contributed by atoms with Gasteiger partial charge in [-0.15, -0.1) is 0 Å². The molecule has 0 aliphatic heterocycles. The van der Waals surface area contributed by atoms with E-state index in [-0.39, 0.29) is 0 Å². The maximum absolute atomic E-state index is 5.21. The Morgan fingerprint density at radius 1 is 0.643 bits per heavy atom. The zero-order chi connectivity index (χ0) is 30.2. The van der Waals surface area contributed by atoms with Gasteiger partial charge in [0.05, 0.1) is 17.1 Å². The second kappa shape index (κ2) is 18.5. The largest absolute Gasteiger partial charge is 0.255 e. The molecule has 0 radical (unpaired) electrons. The maximum Gasteiger partial charge on any atom is 0.0642 e. The molecule has 0 aliphatic carbocycles. The van der Waals surface area contributed by atoms with E-state index in [9.17, 15) is 0 Å². The Morgan fingerprint density at radius 3 is 2.00 bits per heavy atom. The maximum atomic E-state index is 5.21. The molecule has 0 aromatic heterocycles. The monoisotopic (exact) mass is 564 g/mol. The van der Waals surface area contributed by atoms with E-state index >= 15 is 0 Å². The molecule has 0 heterocycles. The third-order valence-corrected chi connectivity index (χ3v) is 8.55. The van der Waals surface area contributed by atoms with E-state index in [0.29, 0.717) is 0 Å². The number of hydrogen-bond acceptors (Lipinski definition) is 2. The van der Waals surface area contributed by atoms with Crippen LogP contribution in [0.1, 0.15) is 126 Å². The fourth-order valence-corrected chi connectivity index (χ4v) is 5.75. The highest BCUT2D eigenvalue weighted by Gasteiger charge is 2.13. The second-order valence-electron chi connectivity index (χ2n) is 12.0. The minimum absolute atomic E-state index is 0.849. The Labute approximate surface area is 257 Å². The number of aliphatic imine (C=N–C) groups is 2. The van der Waals surface area contributed by atoms with E-state index in [1.807, 2.05) is 6.21 Å². The summed E-state index contributed by atoms with van der Waals surface area (Å²) in [5, 5.41) is 0. The van der Waals surface area contributed by atoms with Crippen LogP contribution in [0.3, 0.4) is 0 Å². The van der Waals surface area contributed by atoms with Crippen molar-refractivity contribution in [2.24, 2.45) is 9.98 Å². The van der Waals surface area contributed by atoms with Crippen molar-refractivity contribution in [2.45, 2.75) is 131 Å². The predicted molar refractivity (Wildman–Crippen MR) is 188 cm³/mol. The van der Waals surface area contributed by atoms with E-state index < -0.39 is 0 Å². The van der Waals surface area contributed by atoms with Crippen LogP contribution >= 0.6 is 0 Å². The molecule has 0 fully saturated rings. The van der Waals surface area contributed by atoms with Gasteiger partial charge in [-0.3, -0.25) is 9.98 Å². The lowest BCUT2D eigenvalue weighted by Crippen LogP contribution is -2.01. The summed E-state index contributed by atoms with van der Waals surface area (Å²) in [6.45, 7) is 13.5. The van der Waals surface area contributed by atoms with E-state index in [1.165, 1.54) is 103 Å². The van der Waals surface area contributed by atoms with Crippen LogP contribution < -0.4 is 0 Å². The van der Waals surface area contributed by atoms with Gasteiger partial charge in [0.25, 0.3) is 0 Å². The van der Waals surface area contributed by atoms with Crippen molar-refractivity contribution < 1.29 is 0 Å². The second-order valence-corrected chi connectivity index (χ2v) is 12.0. The number of nitrogens with zero attached hydrogens (tertiary/aromatic N) is 2. The predicted octanol–water partition coefficient (Wildman–Crippen LogP) is 12.4. The Kier molecular flexibility index (Phi) is 14.8. The summed E-state index contributed by atoms with van der Waals surface area (Å²) < 4.78 is 0. The molecule has 0 aliphatic rings. The minimum Gasteiger partial charge on any atom is -0.255 e. The lowest BCUT2D eigenvalue weighted by Gasteiger charge is -2.17. The molecule has 0 unspecified atom stereocenters. The van der Waals surface area contributed by atoms with Gasteiger partial charge in [-0.2, -0.15) is 0 Å².